The van der Waals surface area contributed by atoms with Crippen molar-refractivity contribution in [2.45, 2.75) is 33.4 Å². The third kappa shape index (κ3) is 5.77. The summed E-state index contributed by atoms with van der Waals surface area (Å²) in [5.41, 5.74) is 8.49. The van der Waals surface area contributed by atoms with E-state index >= 15 is 0 Å². The molecule has 0 atom stereocenters. The summed E-state index contributed by atoms with van der Waals surface area (Å²) in [6.45, 7) is 5.91. The van der Waals surface area contributed by atoms with Crippen LogP contribution in [0.25, 0.3) is 34.4 Å². The van der Waals surface area contributed by atoms with Crippen LogP contribution >= 0.6 is 0 Å². The minimum Gasteiger partial charge on any atom is -0.398 e. The highest BCUT2D eigenvalue weighted by molar-refractivity contribution is 5.73. The van der Waals surface area contributed by atoms with E-state index in [4.69, 9.17) is 8.83 Å². The quantitative estimate of drug-likeness (QED) is 0.176. The number of hydrogen-bond donors (Lipinski definition) is 2. The van der Waals surface area contributed by atoms with E-state index in [-0.39, 0.29) is 0 Å². The molecule has 41 heavy (non-hydrogen) atoms. The Morgan fingerprint density at radius 1 is 0.585 bits per heavy atom. The van der Waals surface area contributed by atoms with Gasteiger partial charge in [-0.2, -0.15) is 9.13 Å². The Morgan fingerprint density at radius 3 is 1.44 bits per heavy atom. The first kappa shape index (κ1) is 26.1. The number of aromatic nitrogens is 2. The second-order valence-corrected chi connectivity index (χ2v) is 9.84. The van der Waals surface area contributed by atoms with E-state index in [1.165, 1.54) is 11.1 Å². The summed E-state index contributed by atoms with van der Waals surface area (Å²) in [6, 6.07) is 33.1. The van der Waals surface area contributed by atoms with Crippen LogP contribution in [0, 0.1) is 0 Å². The van der Waals surface area contributed by atoms with Crippen molar-refractivity contribution in [3.05, 3.63) is 132 Å². The first-order valence-corrected chi connectivity index (χ1v) is 14.1. The lowest BCUT2D eigenvalue weighted by molar-refractivity contribution is -0.674. The molecule has 2 heterocycles. The zero-order chi connectivity index (χ0) is 28.0. The number of anilines is 2. The highest BCUT2D eigenvalue weighted by Gasteiger charge is 2.21. The smallest absolute Gasteiger partial charge is 0.375 e. The number of fused-ring (bicyclic) bond motifs is 2. The van der Waals surface area contributed by atoms with Crippen molar-refractivity contribution < 1.29 is 18.0 Å². The van der Waals surface area contributed by atoms with Gasteiger partial charge in [0.05, 0.1) is 12.2 Å². The van der Waals surface area contributed by atoms with Crippen LogP contribution in [-0.4, -0.2) is 0 Å². The fourth-order valence-corrected chi connectivity index (χ4v) is 5.14. The van der Waals surface area contributed by atoms with Crippen molar-refractivity contribution in [2.75, 3.05) is 10.6 Å². The largest absolute Gasteiger partial charge is 0.398 e. The maximum atomic E-state index is 6.19. The molecule has 6 nitrogen and oxygen atoms in total. The fraction of sp³-hybridized carbons (Fsp3) is 0.143. The van der Waals surface area contributed by atoms with Crippen molar-refractivity contribution >= 4 is 45.7 Å². The van der Waals surface area contributed by atoms with Crippen LogP contribution in [0.2, 0.25) is 0 Å². The first-order valence-electron chi connectivity index (χ1n) is 14.1. The molecule has 0 aliphatic carbocycles. The Labute approximate surface area is 239 Å². The topological polar surface area (TPSA) is 58.1 Å². The molecule has 0 unspecified atom stereocenters. The van der Waals surface area contributed by atoms with Crippen molar-refractivity contribution in [2.24, 2.45) is 0 Å². The molecule has 0 aliphatic heterocycles. The maximum absolute atomic E-state index is 6.19. The average molecular weight is 543 g/mol. The van der Waals surface area contributed by atoms with E-state index in [1.807, 2.05) is 85.2 Å². The Morgan fingerprint density at radius 2 is 1.02 bits per heavy atom. The van der Waals surface area contributed by atoms with E-state index in [9.17, 15) is 0 Å². The molecule has 4 aromatic carbocycles. The number of para-hydroxylation sites is 2. The number of oxazole rings is 2. The summed E-state index contributed by atoms with van der Waals surface area (Å²) in [7, 11) is 0. The summed E-state index contributed by atoms with van der Waals surface area (Å²) in [5, 5.41) is 6.61. The molecule has 0 amide bonds. The number of nitrogens with one attached hydrogen (secondary N) is 2. The van der Waals surface area contributed by atoms with E-state index in [0.29, 0.717) is 0 Å². The van der Waals surface area contributed by atoms with Crippen LogP contribution in [0.1, 0.15) is 36.8 Å². The summed E-state index contributed by atoms with van der Waals surface area (Å²) in [4.78, 5) is 0. The van der Waals surface area contributed by atoms with E-state index in [2.05, 4.69) is 70.0 Å². The molecular weight excluding hydrogens is 508 g/mol. The minimum atomic E-state index is 0.814. The maximum Gasteiger partial charge on any atom is 0.375 e. The molecule has 0 spiro atoms. The Bertz CT molecular complexity index is 1700. The second kappa shape index (κ2) is 12.0. The van der Waals surface area contributed by atoms with Crippen LogP contribution in [0.3, 0.4) is 0 Å². The van der Waals surface area contributed by atoms with Crippen LogP contribution in [0.5, 0.6) is 0 Å². The number of rotatable bonds is 10. The number of benzene rings is 4. The van der Waals surface area contributed by atoms with Crippen LogP contribution in [0.4, 0.5) is 11.4 Å². The molecule has 0 saturated carbocycles. The summed E-state index contributed by atoms with van der Waals surface area (Å²) >= 11 is 0. The van der Waals surface area contributed by atoms with Crippen LogP contribution in [0.15, 0.2) is 118 Å². The number of hydrogen-bond acceptors (Lipinski definition) is 4. The molecule has 204 valence electrons. The third-order valence-electron chi connectivity index (χ3n) is 7.13. The molecule has 0 bridgehead atoms. The predicted octanol–water partition coefficient (Wildman–Crippen LogP) is 7.55. The minimum absolute atomic E-state index is 0.814. The fourth-order valence-electron chi connectivity index (χ4n) is 5.14. The standard InChI is InChI=1S/C35H32N4O2/c1-3-38-30-24-26(15-17-32(30)40-34(38)19-21-36-28-11-7-5-8-12-28)23-27-16-18-33-31(25-27)39(4-2)35(41-33)20-22-37-29-13-9-6-10-14-29/h5-22,24-25H,3-4,23H2,1-2H3/p+2. The zero-order valence-electron chi connectivity index (χ0n) is 23.4. The van der Waals surface area contributed by atoms with Crippen molar-refractivity contribution in [1.82, 2.24) is 0 Å². The lowest BCUT2D eigenvalue weighted by Gasteiger charge is -2.01. The van der Waals surface area contributed by atoms with Gasteiger partial charge in [-0.1, -0.05) is 48.5 Å². The lowest BCUT2D eigenvalue weighted by Crippen LogP contribution is -2.33. The van der Waals surface area contributed by atoms with Gasteiger partial charge < -0.3 is 19.5 Å². The molecular formula is C35H34N4O2+2. The molecule has 0 radical (unpaired) electrons. The predicted molar refractivity (Wildman–Crippen MR) is 165 cm³/mol. The number of nitrogens with zero attached hydrogens (tertiary/aromatic N) is 2. The van der Waals surface area contributed by atoms with Gasteiger partial charge in [-0.3, -0.25) is 0 Å². The molecule has 6 aromatic rings. The van der Waals surface area contributed by atoms with Crippen LogP contribution < -0.4 is 19.8 Å². The number of aryl methyl sites for hydroxylation is 2. The zero-order valence-corrected chi connectivity index (χ0v) is 23.4. The molecule has 2 aromatic heterocycles. The van der Waals surface area contributed by atoms with Gasteiger partial charge in [0, 0.05) is 35.9 Å². The van der Waals surface area contributed by atoms with Gasteiger partial charge in [-0.15, -0.1) is 0 Å². The Kier molecular flexibility index (Phi) is 7.63. The molecule has 6 rings (SSSR count). The molecule has 2 N–H and O–H groups in total. The lowest BCUT2D eigenvalue weighted by atomic mass is 10.0. The Hall–Kier alpha value is -5.10. The van der Waals surface area contributed by atoms with Crippen LogP contribution in [-0.2, 0) is 19.5 Å². The third-order valence-corrected chi connectivity index (χ3v) is 7.13. The average Bonchev–Trinajstić information content (AvgIpc) is 3.54. The summed E-state index contributed by atoms with van der Waals surface area (Å²) < 4.78 is 16.8. The molecule has 0 saturated heterocycles. The Balaban J connectivity index is 1.23. The van der Waals surface area contributed by atoms with Gasteiger partial charge in [-0.25, -0.2) is 0 Å². The van der Waals surface area contributed by atoms with Crippen molar-refractivity contribution in [3.8, 4) is 0 Å². The molecule has 0 fully saturated rings. The van der Waals surface area contributed by atoms with Gasteiger partial charge in [0.15, 0.2) is 0 Å². The molecule has 0 aliphatic rings. The van der Waals surface area contributed by atoms with Gasteiger partial charge in [0.25, 0.3) is 11.0 Å². The van der Waals surface area contributed by atoms with Crippen molar-refractivity contribution in [3.63, 3.8) is 0 Å². The van der Waals surface area contributed by atoms with Gasteiger partial charge >= 0.3 is 11.8 Å². The SMILES string of the molecule is CC[n+]1c(C=CNc2ccccc2)oc2ccc(Cc3ccc4oc(C=CNc5ccccc5)[n+](CC)c4c3)cc21. The first-order chi connectivity index (χ1) is 20.2. The molecule has 6 heteroatoms. The highest BCUT2D eigenvalue weighted by Crippen LogP contribution is 2.22. The van der Waals surface area contributed by atoms with Gasteiger partial charge in [0.1, 0.15) is 13.1 Å². The second-order valence-electron chi connectivity index (χ2n) is 9.84. The summed E-state index contributed by atoms with van der Waals surface area (Å²) in [6.07, 6.45) is 8.62. The normalized spacial score (nSPS) is 11.8. The van der Waals surface area contributed by atoms with Gasteiger partial charge in [0.2, 0.25) is 11.2 Å². The summed E-state index contributed by atoms with van der Waals surface area (Å²) in [5.74, 6) is 1.63. The van der Waals surface area contributed by atoms with E-state index < -0.39 is 0 Å². The van der Waals surface area contributed by atoms with Gasteiger partial charge in [-0.05, 0) is 67.8 Å². The van der Waals surface area contributed by atoms with E-state index in [1.54, 1.807) is 0 Å². The van der Waals surface area contributed by atoms with Crippen molar-refractivity contribution in [1.29, 1.82) is 0 Å². The monoisotopic (exact) mass is 542 g/mol. The highest BCUT2D eigenvalue weighted by atomic mass is 16.4. The van der Waals surface area contributed by atoms with E-state index in [0.717, 1.165) is 64.9 Å².